The van der Waals surface area contributed by atoms with Crippen molar-refractivity contribution < 1.29 is 13.2 Å². The number of sulfone groups is 1. The number of guanidine groups is 1. The molecule has 7 nitrogen and oxygen atoms in total. The van der Waals surface area contributed by atoms with Gasteiger partial charge in [-0.1, -0.05) is 26.0 Å². The zero-order chi connectivity index (χ0) is 21.3. The number of nitrogens with one attached hydrogen (secondary N) is 2. The van der Waals surface area contributed by atoms with Gasteiger partial charge < -0.3 is 15.4 Å². The molecule has 1 aliphatic heterocycles. The lowest BCUT2D eigenvalue weighted by Crippen LogP contribution is -2.51. The lowest BCUT2D eigenvalue weighted by molar-refractivity contribution is 0.0132. The molecule has 0 spiro atoms. The predicted octanol–water partition coefficient (Wildman–Crippen LogP) is 2.16. The number of hydrogen-bond acceptors (Lipinski definition) is 5. The van der Waals surface area contributed by atoms with Crippen LogP contribution in [0.4, 0.5) is 0 Å². The molecule has 1 saturated heterocycles. The van der Waals surface area contributed by atoms with Crippen LogP contribution in [0.2, 0.25) is 0 Å². The lowest BCUT2D eigenvalue weighted by Gasteiger charge is -2.35. The van der Waals surface area contributed by atoms with E-state index in [0.29, 0.717) is 16.9 Å². The van der Waals surface area contributed by atoms with E-state index in [1.807, 2.05) is 12.1 Å². The second kappa shape index (κ2) is 13.5. The van der Waals surface area contributed by atoms with Crippen LogP contribution in [0.25, 0.3) is 0 Å². The normalized spacial score (nSPS) is 16.8. The van der Waals surface area contributed by atoms with Gasteiger partial charge in [0.05, 0.1) is 18.1 Å². The highest BCUT2D eigenvalue weighted by Gasteiger charge is 2.22. The Morgan fingerprint density at radius 2 is 1.80 bits per heavy atom. The van der Waals surface area contributed by atoms with Crippen LogP contribution in [0.3, 0.4) is 0 Å². The van der Waals surface area contributed by atoms with Gasteiger partial charge >= 0.3 is 0 Å². The molecule has 0 amide bonds. The first-order chi connectivity index (χ1) is 13.8. The molecule has 9 heteroatoms. The largest absolute Gasteiger partial charge is 0.379 e. The van der Waals surface area contributed by atoms with Crippen molar-refractivity contribution in [1.29, 1.82) is 0 Å². The van der Waals surface area contributed by atoms with Crippen LogP contribution in [-0.4, -0.2) is 78.0 Å². The third kappa shape index (κ3) is 9.49. The number of morpholine rings is 1. The van der Waals surface area contributed by atoms with E-state index in [0.717, 1.165) is 63.8 Å². The molecule has 0 aromatic heterocycles. The average molecular weight is 553 g/mol. The first kappa shape index (κ1) is 27.1. The maximum atomic E-state index is 11.5. The number of aliphatic imine (C=N–C) groups is 1. The SMILES string of the molecule is CN=C(NCCc1ccc(S(C)(=O)=O)cc1)NCC(CC(C)C)N1CCOCC1.I. The molecule has 30 heavy (non-hydrogen) atoms. The fourth-order valence-corrected chi connectivity index (χ4v) is 4.14. The Morgan fingerprint density at radius 3 is 2.33 bits per heavy atom. The predicted molar refractivity (Wildman–Crippen MR) is 134 cm³/mol. The topological polar surface area (TPSA) is 83.0 Å². The molecule has 0 bridgehead atoms. The number of benzene rings is 1. The van der Waals surface area contributed by atoms with Crippen molar-refractivity contribution in [3.05, 3.63) is 29.8 Å². The van der Waals surface area contributed by atoms with E-state index in [1.54, 1.807) is 19.2 Å². The summed E-state index contributed by atoms with van der Waals surface area (Å²) in [5.41, 5.74) is 1.09. The molecular formula is C21H37IN4O3S. The summed E-state index contributed by atoms with van der Waals surface area (Å²) in [6.45, 7) is 9.67. The molecule has 1 heterocycles. The Bertz CT molecular complexity index is 748. The van der Waals surface area contributed by atoms with Crippen LogP contribution >= 0.6 is 24.0 Å². The van der Waals surface area contributed by atoms with E-state index in [-0.39, 0.29) is 24.0 Å². The number of ether oxygens (including phenoxy) is 1. The van der Waals surface area contributed by atoms with E-state index in [9.17, 15) is 8.42 Å². The minimum absolute atomic E-state index is 0. The van der Waals surface area contributed by atoms with Crippen LogP contribution in [0.5, 0.6) is 0 Å². The fraction of sp³-hybridized carbons (Fsp3) is 0.667. The molecular weight excluding hydrogens is 515 g/mol. The zero-order valence-electron chi connectivity index (χ0n) is 18.6. The molecule has 172 valence electrons. The van der Waals surface area contributed by atoms with Gasteiger partial charge in [0.1, 0.15) is 0 Å². The smallest absolute Gasteiger partial charge is 0.191 e. The van der Waals surface area contributed by atoms with Crippen LogP contribution in [0.1, 0.15) is 25.8 Å². The van der Waals surface area contributed by atoms with Gasteiger partial charge in [-0.2, -0.15) is 0 Å². The molecule has 1 unspecified atom stereocenters. The maximum absolute atomic E-state index is 11.5. The first-order valence-electron chi connectivity index (χ1n) is 10.3. The monoisotopic (exact) mass is 552 g/mol. The second-order valence-electron chi connectivity index (χ2n) is 7.98. The molecule has 0 saturated carbocycles. The van der Waals surface area contributed by atoms with Gasteiger partial charge in [0, 0.05) is 45.5 Å². The molecule has 1 aromatic carbocycles. The highest BCUT2D eigenvalue weighted by atomic mass is 127. The number of halogens is 1. The number of nitrogens with zero attached hydrogens (tertiary/aromatic N) is 2. The third-order valence-corrected chi connectivity index (χ3v) is 6.22. The van der Waals surface area contributed by atoms with Crippen molar-refractivity contribution in [2.45, 2.75) is 37.6 Å². The molecule has 0 aliphatic carbocycles. The summed E-state index contributed by atoms with van der Waals surface area (Å²) in [6, 6.07) is 7.52. The van der Waals surface area contributed by atoms with Crippen molar-refractivity contribution in [2.24, 2.45) is 10.9 Å². The summed E-state index contributed by atoms with van der Waals surface area (Å²) in [4.78, 5) is 7.19. The van der Waals surface area contributed by atoms with E-state index >= 15 is 0 Å². The third-order valence-electron chi connectivity index (χ3n) is 5.09. The number of rotatable bonds is 9. The van der Waals surface area contributed by atoms with Crippen molar-refractivity contribution >= 4 is 39.8 Å². The Kier molecular flexibility index (Phi) is 12.2. The van der Waals surface area contributed by atoms with E-state index in [4.69, 9.17) is 4.74 Å². The average Bonchev–Trinajstić information content (AvgIpc) is 2.69. The quantitative estimate of drug-likeness (QED) is 0.278. The van der Waals surface area contributed by atoms with Gasteiger partial charge in [0.2, 0.25) is 0 Å². The standard InChI is InChI=1S/C21H36N4O3S.HI/c1-17(2)15-19(25-11-13-28-14-12-25)16-24-21(22-3)23-10-9-18-5-7-20(8-6-18)29(4,26)27;/h5-8,17,19H,9-16H2,1-4H3,(H2,22,23,24);1H. The van der Waals surface area contributed by atoms with E-state index < -0.39 is 9.84 Å². The minimum Gasteiger partial charge on any atom is -0.379 e. The Hall–Kier alpha value is -0.910. The van der Waals surface area contributed by atoms with Crippen molar-refractivity contribution in [3.63, 3.8) is 0 Å². The van der Waals surface area contributed by atoms with Crippen LogP contribution < -0.4 is 10.6 Å². The Balaban J connectivity index is 0.00000450. The van der Waals surface area contributed by atoms with Crippen molar-refractivity contribution in [3.8, 4) is 0 Å². The summed E-state index contributed by atoms with van der Waals surface area (Å²) in [5, 5.41) is 6.82. The highest BCUT2D eigenvalue weighted by Crippen LogP contribution is 2.13. The summed E-state index contributed by atoms with van der Waals surface area (Å²) in [6.07, 6.45) is 3.16. The maximum Gasteiger partial charge on any atom is 0.191 e. The molecule has 2 N–H and O–H groups in total. The highest BCUT2D eigenvalue weighted by molar-refractivity contribution is 14.0. The molecule has 1 aliphatic rings. The Labute approximate surface area is 199 Å². The molecule has 0 radical (unpaired) electrons. The fourth-order valence-electron chi connectivity index (χ4n) is 3.51. The van der Waals surface area contributed by atoms with Gasteiger partial charge in [-0.3, -0.25) is 9.89 Å². The van der Waals surface area contributed by atoms with Gasteiger partial charge in [0.15, 0.2) is 15.8 Å². The Morgan fingerprint density at radius 1 is 1.17 bits per heavy atom. The van der Waals surface area contributed by atoms with Gasteiger partial charge in [-0.25, -0.2) is 8.42 Å². The summed E-state index contributed by atoms with van der Waals surface area (Å²) in [7, 11) is -1.37. The van der Waals surface area contributed by atoms with Gasteiger partial charge in [0.25, 0.3) is 0 Å². The van der Waals surface area contributed by atoms with Crippen molar-refractivity contribution in [1.82, 2.24) is 15.5 Å². The molecule has 1 fully saturated rings. The van der Waals surface area contributed by atoms with Crippen LogP contribution in [0, 0.1) is 5.92 Å². The van der Waals surface area contributed by atoms with Crippen LogP contribution in [-0.2, 0) is 21.0 Å². The van der Waals surface area contributed by atoms with Crippen LogP contribution in [0.15, 0.2) is 34.2 Å². The minimum atomic E-state index is -3.15. The van der Waals surface area contributed by atoms with Gasteiger partial charge in [-0.15, -0.1) is 24.0 Å². The van der Waals surface area contributed by atoms with Gasteiger partial charge in [-0.05, 0) is 36.5 Å². The molecule has 2 rings (SSSR count). The number of hydrogen-bond donors (Lipinski definition) is 2. The summed E-state index contributed by atoms with van der Waals surface area (Å²) in [5.74, 6) is 1.43. The summed E-state index contributed by atoms with van der Waals surface area (Å²) >= 11 is 0. The second-order valence-corrected chi connectivity index (χ2v) is 9.99. The van der Waals surface area contributed by atoms with E-state index in [2.05, 4.69) is 34.4 Å². The van der Waals surface area contributed by atoms with Crippen molar-refractivity contribution in [2.75, 3.05) is 52.7 Å². The first-order valence-corrected chi connectivity index (χ1v) is 12.2. The molecule has 1 atom stereocenters. The lowest BCUT2D eigenvalue weighted by atomic mass is 10.0. The molecule has 1 aromatic rings. The van der Waals surface area contributed by atoms with E-state index in [1.165, 1.54) is 6.26 Å². The zero-order valence-corrected chi connectivity index (χ0v) is 21.7. The summed E-state index contributed by atoms with van der Waals surface area (Å²) < 4.78 is 28.6.